The molecule has 0 radical (unpaired) electrons. The Morgan fingerprint density at radius 2 is 1.84 bits per heavy atom. The third-order valence-electron chi connectivity index (χ3n) is 2.47. The second kappa shape index (κ2) is 5.88. The number of hydrogen-bond acceptors (Lipinski definition) is 4. The lowest BCUT2D eigenvalue weighted by Crippen LogP contribution is -2.25. The van der Waals surface area contributed by atoms with Crippen molar-refractivity contribution < 1.29 is 13.2 Å². The van der Waals surface area contributed by atoms with Gasteiger partial charge in [-0.25, -0.2) is 8.78 Å². The van der Waals surface area contributed by atoms with Gasteiger partial charge in [-0.2, -0.15) is 0 Å². The lowest BCUT2D eigenvalue weighted by atomic mass is 10.2. The number of hydrogen-bond donors (Lipinski definition) is 1. The Labute approximate surface area is 109 Å². The van der Waals surface area contributed by atoms with Crippen molar-refractivity contribution in [2.75, 3.05) is 6.54 Å². The van der Waals surface area contributed by atoms with Crippen molar-refractivity contribution in [3.05, 3.63) is 35.7 Å². The smallest absolute Gasteiger partial charge is 0.247 e. The van der Waals surface area contributed by atoms with Gasteiger partial charge in [-0.1, -0.05) is 13.8 Å². The fourth-order valence-electron chi connectivity index (χ4n) is 1.62. The van der Waals surface area contributed by atoms with Crippen molar-refractivity contribution in [3.63, 3.8) is 0 Å². The maximum Gasteiger partial charge on any atom is 0.247 e. The second-order valence-electron chi connectivity index (χ2n) is 4.52. The molecule has 1 aromatic heterocycles. The SMILES string of the molecule is CC(C)NCCc1nnc(-c2cc(F)cc(F)c2)o1. The zero-order valence-corrected chi connectivity index (χ0v) is 10.8. The summed E-state index contributed by atoms with van der Waals surface area (Å²) < 4.78 is 31.5. The van der Waals surface area contributed by atoms with Crippen molar-refractivity contribution in [2.45, 2.75) is 26.3 Å². The van der Waals surface area contributed by atoms with E-state index in [1.54, 1.807) is 0 Å². The number of aromatic nitrogens is 2. The monoisotopic (exact) mass is 267 g/mol. The molecule has 1 N–H and O–H groups in total. The van der Waals surface area contributed by atoms with Gasteiger partial charge in [0.1, 0.15) is 11.6 Å². The van der Waals surface area contributed by atoms with Gasteiger partial charge in [-0.05, 0) is 12.1 Å². The molecule has 0 atom stereocenters. The molecule has 4 nitrogen and oxygen atoms in total. The van der Waals surface area contributed by atoms with Gasteiger partial charge in [-0.3, -0.25) is 0 Å². The highest BCUT2D eigenvalue weighted by atomic mass is 19.1. The highest BCUT2D eigenvalue weighted by Crippen LogP contribution is 2.20. The standard InChI is InChI=1S/C13H15F2N3O/c1-8(2)16-4-3-12-17-18-13(19-12)9-5-10(14)7-11(15)6-9/h5-8,16H,3-4H2,1-2H3. The molecule has 102 valence electrons. The first-order valence-corrected chi connectivity index (χ1v) is 6.07. The molecule has 0 amide bonds. The van der Waals surface area contributed by atoms with Crippen LogP contribution in [0.2, 0.25) is 0 Å². The Bertz CT molecular complexity index is 534. The van der Waals surface area contributed by atoms with Crippen LogP contribution in [0.5, 0.6) is 0 Å². The lowest BCUT2D eigenvalue weighted by Gasteiger charge is -2.04. The van der Waals surface area contributed by atoms with Gasteiger partial charge >= 0.3 is 0 Å². The summed E-state index contributed by atoms with van der Waals surface area (Å²) in [6, 6.07) is 3.49. The average Bonchev–Trinajstić information content (AvgIpc) is 2.76. The van der Waals surface area contributed by atoms with Gasteiger partial charge < -0.3 is 9.73 Å². The zero-order chi connectivity index (χ0) is 13.8. The normalized spacial score (nSPS) is 11.2. The molecule has 0 spiro atoms. The summed E-state index contributed by atoms with van der Waals surface area (Å²) in [6.45, 7) is 4.78. The van der Waals surface area contributed by atoms with Crippen molar-refractivity contribution >= 4 is 0 Å². The van der Waals surface area contributed by atoms with E-state index in [1.165, 1.54) is 0 Å². The van der Waals surface area contributed by atoms with Crippen LogP contribution in [0, 0.1) is 11.6 Å². The Morgan fingerprint density at radius 1 is 1.16 bits per heavy atom. The van der Waals surface area contributed by atoms with Crippen LogP contribution in [0.1, 0.15) is 19.7 Å². The maximum atomic E-state index is 13.1. The topological polar surface area (TPSA) is 51.0 Å². The van der Waals surface area contributed by atoms with Crippen LogP contribution >= 0.6 is 0 Å². The Morgan fingerprint density at radius 3 is 2.47 bits per heavy atom. The van der Waals surface area contributed by atoms with Crippen LogP contribution in [0.15, 0.2) is 22.6 Å². The molecule has 1 heterocycles. The first-order valence-electron chi connectivity index (χ1n) is 6.07. The molecule has 2 rings (SSSR count). The molecule has 0 unspecified atom stereocenters. The van der Waals surface area contributed by atoms with Crippen molar-refractivity contribution in [1.82, 2.24) is 15.5 Å². The van der Waals surface area contributed by atoms with Crippen molar-refractivity contribution in [3.8, 4) is 11.5 Å². The van der Waals surface area contributed by atoms with E-state index in [4.69, 9.17) is 4.42 Å². The fraction of sp³-hybridized carbons (Fsp3) is 0.385. The van der Waals surface area contributed by atoms with E-state index in [1.807, 2.05) is 13.8 Å². The number of nitrogens with zero attached hydrogens (tertiary/aromatic N) is 2. The van der Waals surface area contributed by atoms with Crippen LogP contribution in [0.3, 0.4) is 0 Å². The Balaban J connectivity index is 2.07. The van der Waals surface area contributed by atoms with Crippen LogP contribution in [0.25, 0.3) is 11.5 Å². The summed E-state index contributed by atoms with van der Waals surface area (Å²) in [4.78, 5) is 0. The van der Waals surface area contributed by atoms with Crippen LogP contribution < -0.4 is 5.32 Å². The number of halogens is 2. The molecule has 1 aromatic carbocycles. The van der Waals surface area contributed by atoms with Crippen LogP contribution in [-0.2, 0) is 6.42 Å². The number of benzene rings is 1. The average molecular weight is 267 g/mol. The molecular formula is C13H15F2N3O. The van der Waals surface area contributed by atoms with E-state index in [-0.39, 0.29) is 11.5 Å². The highest BCUT2D eigenvalue weighted by molar-refractivity contribution is 5.52. The molecule has 0 fully saturated rings. The molecule has 0 aliphatic carbocycles. The summed E-state index contributed by atoms with van der Waals surface area (Å²) in [5.41, 5.74) is 0.244. The third-order valence-corrected chi connectivity index (χ3v) is 2.47. The molecule has 2 aromatic rings. The largest absolute Gasteiger partial charge is 0.421 e. The van der Waals surface area contributed by atoms with E-state index >= 15 is 0 Å². The first-order chi connectivity index (χ1) is 9.04. The summed E-state index contributed by atoms with van der Waals surface area (Å²) in [5, 5.41) is 10.8. The molecule has 6 heteroatoms. The Kier molecular flexibility index (Phi) is 4.21. The van der Waals surface area contributed by atoms with Gasteiger partial charge in [-0.15, -0.1) is 10.2 Å². The zero-order valence-electron chi connectivity index (χ0n) is 10.8. The molecule has 0 aliphatic rings. The molecule has 0 saturated heterocycles. The number of nitrogens with one attached hydrogen (secondary N) is 1. The first kappa shape index (κ1) is 13.6. The van der Waals surface area contributed by atoms with Gasteiger partial charge in [0.25, 0.3) is 0 Å². The van der Waals surface area contributed by atoms with Gasteiger partial charge in [0.15, 0.2) is 0 Å². The van der Waals surface area contributed by atoms with E-state index in [2.05, 4.69) is 15.5 Å². The quantitative estimate of drug-likeness (QED) is 0.904. The molecular weight excluding hydrogens is 252 g/mol. The number of rotatable bonds is 5. The van der Waals surface area contributed by atoms with Gasteiger partial charge in [0.05, 0.1) is 0 Å². The molecule has 0 bridgehead atoms. The van der Waals surface area contributed by atoms with Crippen LogP contribution in [-0.4, -0.2) is 22.8 Å². The lowest BCUT2D eigenvalue weighted by molar-refractivity contribution is 0.483. The minimum absolute atomic E-state index is 0.123. The second-order valence-corrected chi connectivity index (χ2v) is 4.52. The molecule has 19 heavy (non-hydrogen) atoms. The van der Waals surface area contributed by atoms with Crippen molar-refractivity contribution in [1.29, 1.82) is 0 Å². The van der Waals surface area contributed by atoms with Gasteiger partial charge in [0, 0.05) is 30.6 Å². The van der Waals surface area contributed by atoms with Gasteiger partial charge in [0.2, 0.25) is 11.8 Å². The summed E-state index contributed by atoms with van der Waals surface area (Å²) in [7, 11) is 0. The Hall–Kier alpha value is -1.82. The minimum atomic E-state index is -0.670. The molecule has 0 aliphatic heterocycles. The predicted molar refractivity (Wildman–Crippen MR) is 66.5 cm³/mol. The van der Waals surface area contributed by atoms with Crippen LogP contribution in [0.4, 0.5) is 8.78 Å². The minimum Gasteiger partial charge on any atom is -0.421 e. The fourth-order valence-corrected chi connectivity index (χ4v) is 1.62. The van der Waals surface area contributed by atoms with E-state index in [0.29, 0.717) is 24.9 Å². The molecule has 0 saturated carbocycles. The highest BCUT2D eigenvalue weighted by Gasteiger charge is 2.11. The summed E-state index contributed by atoms with van der Waals surface area (Å²) in [5.74, 6) is -0.779. The third kappa shape index (κ3) is 3.82. The van der Waals surface area contributed by atoms with Crippen molar-refractivity contribution in [2.24, 2.45) is 0 Å². The van der Waals surface area contributed by atoms with E-state index in [9.17, 15) is 8.78 Å². The maximum absolute atomic E-state index is 13.1. The van der Waals surface area contributed by atoms with E-state index < -0.39 is 11.6 Å². The summed E-state index contributed by atoms with van der Waals surface area (Å²) >= 11 is 0. The summed E-state index contributed by atoms with van der Waals surface area (Å²) in [6.07, 6.45) is 0.572. The van der Waals surface area contributed by atoms with E-state index in [0.717, 1.165) is 18.2 Å². The predicted octanol–water partition coefficient (Wildman–Crippen LogP) is 2.56.